The van der Waals surface area contributed by atoms with Crippen LogP contribution in [-0.2, 0) is 14.7 Å². The molecule has 0 aliphatic carbocycles. The first-order valence-electron chi connectivity index (χ1n) is 6.81. The number of thiocarbonyl (C=S) groups is 1. The van der Waals surface area contributed by atoms with Gasteiger partial charge in [0.15, 0.2) is 0 Å². The highest BCUT2D eigenvalue weighted by molar-refractivity contribution is 7.80. The molecule has 0 amide bonds. The molecule has 2 nitrogen and oxygen atoms in total. The molecule has 1 rings (SSSR count). The number of benzene rings is 1. The summed E-state index contributed by atoms with van der Waals surface area (Å²) < 4.78 is 16.7. The second-order valence-corrected chi connectivity index (χ2v) is 5.46. The van der Waals surface area contributed by atoms with Crippen LogP contribution in [0, 0.1) is 0 Å². The molecule has 0 saturated carbocycles. The predicted octanol–water partition coefficient (Wildman–Crippen LogP) is 5.47. The molecule has 0 heterocycles. The van der Waals surface area contributed by atoms with Crippen LogP contribution in [0.1, 0.15) is 51.5 Å². The molecule has 0 spiro atoms. The second kappa shape index (κ2) is 8.52. The minimum absolute atomic E-state index is 0.314. The van der Waals surface area contributed by atoms with Crippen LogP contribution in [0.4, 0.5) is 0 Å². The molecule has 0 radical (unpaired) electrons. The van der Waals surface area contributed by atoms with Gasteiger partial charge in [0.1, 0.15) is 5.60 Å². The van der Waals surface area contributed by atoms with Crippen molar-refractivity contribution < 1.29 is 9.09 Å². The second-order valence-electron chi connectivity index (χ2n) is 4.64. The lowest BCUT2D eigenvalue weighted by atomic mass is 9.84. The van der Waals surface area contributed by atoms with Gasteiger partial charge in [0.25, 0.3) is 0 Å². The van der Waals surface area contributed by atoms with Gasteiger partial charge in [0.2, 0.25) is 0 Å². The van der Waals surface area contributed by atoms with Crippen molar-refractivity contribution in [3.05, 3.63) is 35.9 Å². The van der Waals surface area contributed by atoms with Crippen LogP contribution in [0.2, 0.25) is 0 Å². The van der Waals surface area contributed by atoms with E-state index in [-0.39, 0.29) is 8.69 Å². The minimum Gasteiger partial charge on any atom is -0.277 e. The van der Waals surface area contributed by atoms with Crippen LogP contribution in [-0.4, -0.2) is 4.86 Å². The van der Waals surface area contributed by atoms with Crippen molar-refractivity contribution in [2.24, 2.45) is 0 Å². The van der Waals surface area contributed by atoms with Crippen molar-refractivity contribution in [1.82, 2.24) is 0 Å². The summed E-state index contributed by atoms with van der Waals surface area (Å²) in [7, 11) is -0.314. The van der Waals surface area contributed by atoms with E-state index in [1.807, 2.05) is 30.3 Å². The molecular weight excluding hydrogens is 275 g/mol. The normalized spacial score (nSPS) is 14.2. The van der Waals surface area contributed by atoms with Gasteiger partial charge >= 0.3 is 8.69 Å². The van der Waals surface area contributed by atoms with Gasteiger partial charge < -0.3 is 0 Å². The monoisotopic (exact) mass is 296 g/mol. The fraction of sp³-hybridized carbons (Fsp3) is 0.533. The van der Waals surface area contributed by atoms with Gasteiger partial charge in [-0.15, -0.1) is 0 Å². The average molecular weight is 296 g/mol. The first-order valence-corrected chi connectivity index (χ1v) is 7.94. The molecule has 1 unspecified atom stereocenters. The zero-order chi connectivity index (χ0) is 14.1. The molecule has 0 saturated heterocycles. The highest BCUT2D eigenvalue weighted by Crippen LogP contribution is 2.37. The third-order valence-electron chi connectivity index (χ3n) is 3.24. The summed E-state index contributed by atoms with van der Waals surface area (Å²) in [6.45, 7) is 4.23. The molecule has 0 bridgehead atoms. The summed E-state index contributed by atoms with van der Waals surface area (Å²) in [4.78, 5) is 0.853. The average Bonchev–Trinajstić information content (AvgIpc) is 2.45. The van der Waals surface area contributed by atoms with E-state index < -0.39 is 5.60 Å². The smallest absolute Gasteiger partial charge is 0.277 e. The zero-order valence-electron chi connectivity index (χ0n) is 11.6. The molecule has 1 aromatic rings. The third-order valence-corrected chi connectivity index (χ3v) is 4.16. The van der Waals surface area contributed by atoms with E-state index in [0.717, 1.165) is 42.5 Å². The first-order chi connectivity index (χ1) is 9.21. The van der Waals surface area contributed by atoms with Crippen molar-refractivity contribution >= 4 is 25.8 Å². The molecule has 0 N–H and O–H groups in total. The molecule has 4 heteroatoms. The Morgan fingerprint density at radius 2 is 1.95 bits per heavy atom. The molecule has 1 atom stereocenters. The van der Waals surface area contributed by atoms with Crippen molar-refractivity contribution in [3.8, 4) is 0 Å². The summed E-state index contributed by atoms with van der Waals surface area (Å²) in [5, 5.41) is 0. The summed E-state index contributed by atoms with van der Waals surface area (Å²) >= 11 is 5.60. The molecular formula is C15H21O2PS. The maximum absolute atomic E-state index is 11.1. The van der Waals surface area contributed by atoms with Gasteiger partial charge in [-0.1, -0.05) is 69.2 Å². The maximum Gasteiger partial charge on any atom is 0.328 e. The van der Waals surface area contributed by atoms with Gasteiger partial charge in [0, 0.05) is 4.86 Å². The van der Waals surface area contributed by atoms with E-state index >= 15 is 0 Å². The van der Waals surface area contributed by atoms with Gasteiger partial charge in [-0.25, -0.2) is 4.57 Å². The van der Waals surface area contributed by atoms with Crippen LogP contribution in [0.15, 0.2) is 30.3 Å². The highest BCUT2D eigenvalue weighted by Gasteiger charge is 2.37. The molecule has 0 aliphatic rings. The third kappa shape index (κ3) is 4.17. The fourth-order valence-electron chi connectivity index (χ4n) is 2.26. The van der Waals surface area contributed by atoms with Crippen LogP contribution >= 0.6 is 20.9 Å². The molecule has 104 valence electrons. The largest absolute Gasteiger partial charge is 0.328 e. The zero-order valence-corrected chi connectivity index (χ0v) is 13.3. The van der Waals surface area contributed by atoms with E-state index in [0.29, 0.717) is 0 Å². The Labute approximate surface area is 122 Å². The lowest BCUT2D eigenvalue weighted by Crippen LogP contribution is -2.35. The van der Waals surface area contributed by atoms with Crippen molar-refractivity contribution in [2.45, 2.75) is 51.6 Å². The Kier molecular flexibility index (Phi) is 7.37. The Balaban J connectivity index is 3.13. The number of unbranched alkanes of at least 4 members (excludes halogenated alkanes) is 1. The molecule has 1 aromatic carbocycles. The van der Waals surface area contributed by atoms with E-state index in [1.165, 1.54) is 0 Å². The number of hydrogen-bond acceptors (Lipinski definition) is 3. The van der Waals surface area contributed by atoms with E-state index in [1.54, 1.807) is 0 Å². The lowest BCUT2D eigenvalue weighted by Gasteiger charge is -2.32. The first kappa shape index (κ1) is 16.4. The van der Waals surface area contributed by atoms with Crippen LogP contribution in [0.5, 0.6) is 0 Å². The van der Waals surface area contributed by atoms with Gasteiger partial charge in [-0.3, -0.25) is 4.52 Å². The lowest BCUT2D eigenvalue weighted by molar-refractivity contribution is 0.149. The molecule has 0 aromatic heterocycles. The summed E-state index contributed by atoms with van der Waals surface area (Å²) in [5.41, 5.74) is 0.311. The Morgan fingerprint density at radius 1 is 1.26 bits per heavy atom. The summed E-state index contributed by atoms with van der Waals surface area (Å²) in [5.74, 6) is 0. The van der Waals surface area contributed by atoms with Crippen LogP contribution < -0.4 is 0 Å². The van der Waals surface area contributed by atoms with E-state index in [4.69, 9.17) is 16.7 Å². The standard InChI is InChI=1S/C15H21O2PS/c1-3-5-11-14(19)15(12-4-2,17-18-16)13-9-7-6-8-10-13/h6-10H,3-5,11-12H2,1-2H3. The van der Waals surface area contributed by atoms with Gasteiger partial charge in [-0.2, -0.15) is 0 Å². The maximum atomic E-state index is 11.1. The van der Waals surface area contributed by atoms with Crippen molar-refractivity contribution in [3.63, 3.8) is 0 Å². The highest BCUT2D eigenvalue weighted by atomic mass is 32.1. The Morgan fingerprint density at radius 3 is 2.47 bits per heavy atom. The quantitative estimate of drug-likeness (QED) is 0.447. The van der Waals surface area contributed by atoms with Gasteiger partial charge in [0.05, 0.1) is 0 Å². The van der Waals surface area contributed by atoms with Crippen LogP contribution in [0.3, 0.4) is 0 Å². The summed E-state index contributed by atoms with van der Waals surface area (Å²) in [6, 6.07) is 9.89. The summed E-state index contributed by atoms with van der Waals surface area (Å²) in [6.07, 6.45) is 4.64. The van der Waals surface area contributed by atoms with Crippen molar-refractivity contribution in [1.29, 1.82) is 0 Å². The van der Waals surface area contributed by atoms with Gasteiger partial charge in [-0.05, 0) is 24.8 Å². The van der Waals surface area contributed by atoms with Crippen LogP contribution in [0.25, 0.3) is 0 Å². The number of rotatable bonds is 9. The molecule has 19 heavy (non-hydrogen) atoms. The predicted molar refractivity (Wildman–Crippen MR) is 83.8 cm³/mol. The Bertz CT molecular complexity index is 408. The number of hydrogen-bond donors (Lipinski definition) is 0. The minimum atomic E-state index is -0.691. The van der Waals surface area contributed by atoms with E-state index in [2.05, 4.69) is 13.8 Å². The molecule has 0 aliphatic heterocycles. The fourth-order valence-corrected chi connectivity index (χ4v) is 3.16. The molecule has 0 fully saturated rings. The Hall–Kier alpha value is -0.630. The topological polar surface area (TPSA) is 26.3 Å². The van der Waals surface area contributed by atoms with E-state index in [9.17, 15) is 4.57 Å². The van der Waals surface area contributed by atoms with Crippen molar-refractivity contribution in [2.75, 3.05) is 0 Å². The SMILES string of the molecule is CCCCC(=S)C(CCC)(OP=O)c1ccccc1.